The first-order chi connectivity index (χ1) is 22.7. The second kappa shape index (κ2) is 16.9. The zero-order valence-corrected chi connectivity index (χ0v) is 25.8. The molecule has 0 aliphatic carbocycles. The average Bonchev–Trinajstić information content (AvgIpc) is 3.70. The van der Waals surface area contributed by atoms with Gasteiger partial charge in [-0.25, -0.2) is 19.0 Å². The van der Waals surface area contributed by atoms with Gasteiger partial charge in [0.25, 0.3) is 0 Å². The SMILES string of the molecule is CCOc1cc(OC(C)C)c(F)c(N(Cc2ncc(-c3ccco3)[nH]2)c2ccc(C(=N)N)cc2)c1.O=C(O)C(F)(F)F.O=C(O)C(F)(F)F. The van der Waals surface area contributed by atoms with Gasteiger partial charge in [0.15, 0.2) is 17.3 Å². The summed E-state index contributed by atoms with van der Waals surface area (Å²) in [7, 11) is 0. The van der Waals surface area contributed by atoms with Crippen molar-refractivity contribution in [3.63, 3.8) is 0 Å². The molecule has 2 heterocycles. The van der Waals surface area contributed by atoms with E-state index in [0.717, 1.165) is 0 Å². The molecule has 0 bridgehead atoms. The summed E-state index contributed by atoms with van der Waals surface area (Å²) in [4.78, 5) is 27.3. The zero-order chi connectivity index (χ0) is 37.1. The van der Waals surface area contributed by atoms with Crippen LogP contribution < -0.4 is 20.1 Å². The van der Waals surface area contributed by atoms with Gasteiger partial charge in [0, 0.05) is 23.4 Å². The van der Waals surface area contributed by atoms with Crippen molar-refractivity contribution in [2.45, 2.75) is 45.8 Å². The normalized spacial score (nSPS) is 11.1. The second-order valence-corrected chi connectivity index (χ2v) is 9.73. The predicted molar refractivity (Wildman–Crippen MR) is 160 cm³/mol. The number of benzene rings is 2. The van der Waals surface area contributed by atoms with Crippen molar-refractivity contribution in [2.75, 3.05) is 11.5 Å². The van der Waals surface area contributed by atoms with Gasteiger partial charge in [0.2, 0.25) is 0 Å². The van der Waals surface area contributed by atoms with Crippen LogP contribution >= 0.6 is 0 Å². The first kappa shape index (κ1) is 39.4. The molecule has 4 rings (SSSR count). The number of carbonyl (C=O) groups is 2. The number of furan rings is 1. The number of nitrogens with zero attached hydrogens (tertiary/aromatic N) is 2. The Kier molecular flexibility index (Phi) is 13.6. The van der Waals surface area contributed by atoms with Gasteiger partial charge in [-0.05, 0) is 57.2 Å². The number of alkyl halides is 6. The number of hydrogen-bond acceptors (Lipinski definition) is 8. The number of nitrogens with two attached hydrogens (primary N) is 1. The molecular weight excluding hydrogens is 675 g/mol. The fraction of sp³-hybridized carbons (Fsp3) is 0.267. The summed E-state index contributed by atoms with van der Waals surface area (Å²) in [6, 6.07) is 13.8. The molecule has 4 aromatic rings. The zero-order valence-electron chi connectivity index (χ0n) is 25.8. The Labute approximate surface area is 273 Å². The van der Waals surface area contributed by atoms with E-state index in [4.69, 9.17) is 44.8 Å². The first-order valence-corrected chi connectivity index (χ1v) is 13.8. The van der Waals surface area contributed by atoms with Gasteiger partial charge < -0.3 is 39.7 Å². The Hall–Kier alpha value is -5.75. The van der Waals surface area contributed by atoms with Crippen LogP contribution in [-0.4, -0.2) is 63.0 Å². The minimum Gasteiger partial charge on any atom is -0.494 e. The second-order valence-electron chi connectivity index (χ2n) is 9.73. The molecule has 0 atom stereocenters. The highest BCUT2D eigenvalue weighted by atomic mass is 19.4. The van der Waals surface area contributed by atoms with Crippen molar-refractivity contribution in [3.8, 4) is 23.0 Å². The Balaban J connectivity index is 0.000000500. The maximum Gasteiger partial charge on any atom is 0.490 e. The number of aliphatic carboxylic acids is 2. The fourth-order valence-corrected chi connectivity index (χ4v) is 3.63. The smallest absolute Gasteiger partial charge is 0.490 e. The van der Waals surface area contributed by atoms with Crippen LogP contribution in [0.5, 0.6) is 11.5 Å². The number of amidine groups is 1. The van der Waals surface area contributed by atoms with E-state index >= 15 is 4.39 Å². The third-order valence-corrected chi connectivity index (χ3v) is 5.66. The average molecular weight is 706 g/mol. The maximum absolute atomic E-state index is 15.8. The minimum atomic E-state index is -5.08. The number of aromatic nitrogens is 2. The summed E-state index contributed by atoms with van der Waals surface area (Å²) in [5.41, 5.74) is 7.84. The lowest BCUT2D eigenvalue weighted by Crippen LogP contribution is -2.21. The molecule has 0 fully saturated rings. The van der Waals surface area contributed by atoms with E-state index < -0.39 is 30.1 Å². The molecule has 0 unspecified atom stereocenters. The Morgan fingerprint density at radius 3 is 2.06 bits per heavy atom. The quantitative estimate of drug-likeness (QED) is 0.0661. The Morgan fingerprint density at radius 1 is 1.04 bits per heavy atom. The number of nitrogens with one attached hydrogen (secondary N) is 2. The number of carboxylic acid groups (broad SMARTS) is 2. The number of ether oxygens (including phenoxy) is 2. The van der Waals surface area contributed by atoms with Gasteiger partial charge in [0.1, 0.15) is 23.1 Å². The fourth-order valence-electron chi connectivity index (χ4n) is 3.63. The molecule has 0 aliphatic heterocycles. The number of hydrogen-bond donors (Lipinski definition) is 5. The van der Waals surface area contributed by atoms with Crippen LogP contribution in [-0.2, 0) is 16.1 Å². The van der Waals surface area contributed by atoms with Gasteiger partial charge in [-0.2, -0.15) is 26.3 Å². The van der Waals surface area contributed by atoms with Crippen molar-refractivity contribution in [2.24, 2.45) is 5.73 Å². The summed E-state index contributed by atoms with van der Waals surface area (Å²) in [6.45, 7) is 6.18. The largest absolute Gasteiger partial charge is 0.494 e. The lowest BCUT2D eigenvalue weighted by molar-refractivity contribution is -0.193. The molecule has 0 amide bonds. The van der Waals surface area contributed by atoms with Gasteiger partial charge in [-0.15, -0.1) is 0 Å². The monoisotopic (exact) mass is 705 g/mol. The number of rotatable bonds is 10. The number of halogens is 7. The van der Waals surface area contributed by atoms with E-state index in [1.165, 1.54) is 0 Å². The van der Waals surface area contributed by atoms with Gasteiger partial charge in [0.05, 0.1) is 37.4 Å². The molecule has 2 aromatic carbocycles. The Bertz CT molecular complexity index is 1660. The number of anilines is 2. The summed E-state index contributed by atoms with van der Waals surface area (Å²) in [6.07, 6.45) is -7.13. The number of aromatic amines is 1. The van der Waals surface area contributed by atoms with Crippen LogP contribution in [0.4, 0.5) is 42.1 Å². The van der Waals surface area contributed by atoms with Gasteiger partial charge in [-0.1, -0.05) is 0 Å². The highest BCUT2D eigenvalue weighted by molar-refractivity contribution is 5.95. The molecule has 19 heteroatoms. The molecule has 0 spiro atoms. The number of H-pyrrole nitrogens is 1. The van der Waals surface area contributed by atoms with Crippen molar-refractivity contribution < 1.29 is 64.4 Å². The van der Waals surface area contributed by atoms with E-state index in [1.54, 1.807) is 59.8 Å². The summed E-state index contributed by atoms with van der Waals surface area (Å²) < 4.78 is 96.2. The van der Waals surface area contributed by atoms with Crippen molar-refractivity contribution >= 4 is 29.1 Å². The van der Waals surface area contributed by atoms with Crippen LogP contribution in [0.1, 0.15) is 32.2 Å². The summed E-state index contributed by atoms with van der Waals surface area (Å²) in [5.74, 6) is -4.24. The number of carboxylic acids is 2. The first-order valence-electron chi connectivity index (χ1n) is 13.8. The standard InChI is InChI=1S/C26H28FN5O3.2C2HF3O2/c1-4-33-19-12-21(25(27)23(13-19)35-16(2)3)32(18-9-7-17(8-10-18)26(28)29)15-24-30-14-20(31-24)22-6-5-11-34-22;2*3-2(4,5)1(6)7/h5-14,16H,4,15H2,1-3H3,(H3,28,29)(H,30,31);2*(H,6,7). The van der Waals surface area contributed by atoms with Crippen LogP contribution in [0.15, 0.2) is 65.4 Å². The summed E-state index contributed by atoms with van der Waals surface area (Å²) >= 11 is 0. The lowest BCUT2D eigenvalue weighted by atomic mass is 10.1. The minimum absolute atomic E-state index is 0.0469. The third-order valence-electron chi connectivity index (χ3n) is 5.66. The molecule has 0 aliphatic rings. The van der Waals surface area contributed by atoms with E-state index in [2.05, 4.69) is 9.97 Å². The molecule has 0 saturated carbocycles. The molecular formula is C30H30F7N5O7. The van der Waals surface area contributed by atoms with Crippen LogP contribution in [0.3, 0.4) is 0 Å². The van der Waals surface area contributed by atoms with Crippen molar-refractivity contribution in [1.29, 1.82) is 5.41 Å². The molecule has 0 saturated heterocycles. The molecule has 266 valence electrons. The highest BCUT2D eigenvalue weighted by Crippen LogP contribution is 2.38. The molecule has 6 N–H and O–H groups in total. The van der Waals surface area contributed by atoms with Crippen LogP contribution in [0.2, 0.25) is 0 Å². The Morgan fingerprint density at radius 2 is 1.61 bits per heavy atom. The topological polar surface area (TPSA) is 188 Å². The van der Waals surface area contributed by atoms with E-state index in [-0.39, 0.29) is 29.9 Å². The van der Waals surface area contributed by atoms with Gasteiger partial charge in [-0.3, -0.25) is 5.41 Å². The highest BCUT2D eigenvalue weighted by Gasteiger charge is 2.38. The molecule has 0 radical (unpaired) electrons. The number of nitrogen functional groups attached to an aromatic ring is 1. The van der Waals surface area contributed by atoms with E-state index in [1.807, 2.05) is 26.8 Å². The van der Waals surface area contributed by atoms with Gasteiger partial charge >= 0.3 is 24.3 Å². The molecule has 2 aromatic heterocycles. The predicted octanol–water partition coefficient (Wildman–Crippen LogP) is 6.88. The van der Waals surface area contributed by atoms with Crippen molar-refractivity contribution in [1.82, 2.24) is 9.97 Å². The third kappa shape index (κ3) is 12.1. The molecule has 12 nitrogen and oxygen atoms in total. The van der Waals surface area contributed by atoms with E-state index in [9.17, 15) is 26.3 Å². The molecule has 49 heavy (non-hydrogen) atoms. The maximum atomic E-state index is 15.8. The van der Waals surface area contributed by atoms with Crippen LogP contribution in [0.25, 0.3) is 11.5 Å². The van der Waals surface area contributed by atoms with Crippen molar-refractivity contribution in [3.05, 3.63) is 78.2 Å². The lowest BCUT2D eigenvalue weighted by Gasteiger charge is -2.26. The number of imidazole rings is 1. The summed E-state index contributed by atoms with van der Waals surface area (Å²) in [5, 5.41) is 21.9. The van der Waals surface area contributed by atoms with E-state index in [0.29, 0.717) is 40.9 Å². The van der Waals surface area contributed by atoms with Crippen LogP contribution in [0, 0.1) is 11.2 Å².